The number of carboxylic acids is 1. The van der Waals surface area contributed by atoms with Crippen LogP contribution in [0.25, 0.3) is 0 Å². The summed E-state index contributed by atoms with van der Waals surface area (Å²) in [6.07, 6.45) is 10.3. The molecule has 0 rings (SSSR count). The molecule has 0 radical (unpaired) electrons. The van der Waals surface area contributed by atoms with Crippen LogP contribution in [0.15, 0.2) is 34.9 Å². The van der Waals surface area contributed by atoms with Gasteiger partial charge < -0.3 is 15.7 Å². The number of halogens is 1. The van der Waals surface area contributed by atoms with Crippen LogP contribution >= 0.6 is 23.4 Å². The van der Waals surface area contributed by atoms with E-state index in [0.29, 0.717) is 12.3 Å². The van der Waals surface area contributed by atoms with Crippen molar-refractivity contribution in [1.82, 2.24) is 10.6 Å². The molecule has 170 valence electrons. The molecule has 0 aromatic heterocycles. The Morgan fingerprint density at radius 1 is 0.967 bits per heavy atom. The Kier molecular flexibility index (Phi) is 16.0. The van der Waals surface area contributed by atoms with Gasteiger partial charge in [-0.15, -0.1) is 11.6 Å². The highest BCUT2D eigenvalue weighted by Gasteiger charge is 2.17. The maximum Gasteiger partial charge on any atom is 0.327 e. The van der Waals surface area contributed by atoms with Gasteiger partial charge in [0.05, 0.1) is 0 Å². The van der Waals surface area contributed by atoms with Crippen molar-refractivity contribution >= 4 is 41.1 Å². The van der Waals surface area contributed by atoms with Gasteiger partial charge in [0.25, 0.3) is 0 Å². The Morgan fingerprint density at radius 2 is 1.53 bits per heavy atom. The zero-order valence-corrected chi connectivity index (χ0v) is 20.0. The molecule has 0 aliphatic heterocycles. The minimum absolute atomic E-state index is 0.0125. The van der Waals surface area contributed by atoms with Crippen molar-refractivity contribution in [3.63, 3.8) is 0 Å². The molecular formula is C22H35ClN2O4S. The Hall–Kier alpha value is -1.73. The molecule has 0 unspecified atom stereocenters. The normalized spacial score (nSPS) is 13.7. The lowest BCUT2D eigenvalue weighted by Crippen LogP contribution is -2.41. The predicted molar refractivity (Wildman–Crippen MR) is 126 cm³/mol. The SMILES string of the molecule is CC(=O)N[C@@H](CSC/C(C)=C/CC/C(C)=C/CC/C(C)=C/CNC(=O)CCl)C(=O)O. The number of hydrogen-bond donors (Lipinski definition) is 3. The predicted octanol–water partition coefficient (Wildman–Crippen LogP) is 4.06. The van der Waals surface area contributed by atoms with E-state index >= 15 is 0 Å². The van der Waals surface area contributed by atoms with E-state index < -0.39 is 12.0 Å². The monoisotopic (exact) mass is 458 g/mol. The number of amides is 2. The summed E-state index contributed by atoms with van der Waals surface area (Å²) in [7, 11) is 0. The summed E-state index contributed by atoms with van der Waals surface area (Å²) in [5.74, 6) is -0.418. The van der Waals surface area contributed by atoms with E-state index in [0.717, 1.165) is 31.4 Å². The third-order valence-corrected chi connectivity index (χ3v) is 5.70. The van der Waals surface area contributed by atoms with E-state index in [1.807, 2.05) is 13.0 Å². The molecular weight excluding hydrogens is 424 g/mol. The molecule has 8 heteroatoms. The second kappa shape index (κ2) is 17.0. The summed E-state index contributed by atoms with van der Waals surface area (Å²) in [6, 6.07) is -0.848. The number of aliphatic carboxylic acids is 1. The van der Waals surface area contributed by atoms with E-state index in [-0.39, 0.29) is 17.7 Å². The van der Waals surface area contributed by atoms with E-state index in [9.17, 15) is 14.4 Å². The lowest BCUT2D eigenvalue weighted by molar-refractivity contribution is -0.140. The number of carbonyl (C=O) groups is 3. The van der Waals surface area contributed by atoms with Gasteiger partial charge in [-0.25, -0.2) is 4.79 Å². The Bertz CT molecular complexity index is 660. The van der Waals surface area contributed by atoms with Gasteiger partial charge in [-0.05, 0) is 46.5 Å². The Balaban J connectivity index is 4.13. The van der Waals surface area contributed by atoms with Gasteiger partial charge in [0, 0.05) is 25.0 Å². The molecule has 0 aliphatic rings. The first-order chi connectivity index (χ1) is 14.1. The van der Waals surface area contributed by atoms with E-state index in [4.69, 9.17) is 16.7 Å². The molecule has 2 amide bonds. The number of carbonyl (C=O) groups excluding carboxylic acids is 2. The van der Waals surface area contributed by atoms with Crippen LogP contribution in [0.4, 0.5) is 0 Å². The molecule has 1 atom stereocenters. The van der Waals surface area contributed by atoms with Crippen LogP contribution < -0.4 is 10.6 Å². The fourth-order valence-electron chi connectivity index (χ4n) is 2.50. The van der Waals surface area contributed by atoms with Crippen LogP contribution in [-0.4, -0.2) is 52.9 Å². The minimum atomic E-state index is -1.01. The molecule has 0 heterocycles. The third-order valence-electron chi connectivity index (χ3n) is 4.22. The summed E-state index contributed by atoms with van der Waals surface area (Å²) >= 11 is 6.94. The molecule has 0 fully saturated rings. The number of allylic oxidation sites excluding steroid dienone is 4. The average Bonchev–Trinajstić information content (AvgIpc) is 2.66. The van der Waals surface area contributed by atoms with Crippen LogP contribution in [0.3, 0.4) is 0 Å². The first-order valence-corrected chi connectivity index (χ1v) is 11.7. The van der Waals surface area contributed by atoms with Gasteiger partial charge in [-0.2, -0.15) is 11.8 Å². The summed E-state index contributed by atoms with van der Waals surface area (Å²) in [6.45, 7) is 8.06. The second-order valence-corrected chi connectivity index (χ2v) is 8.57. The molecule has 0 saturated heterocycles. The first kappa shape index (κ1) is 28.3. The van der Waals surface area contributed by atoms with Crippen molar-refractivity contribution in [3.05, 3.63) is 34.9 Å². The summed E-state index contributed by atoms with van der Waals surface area (Å²) in [4.78, 5) is 33.2. The largest absolute Gasteiger partial charge is 0.480 e. The van der Waals surface area contributed by atoms with Crippen molar-refractivity contribution < 1.29 is 19.5 Å². The van der Waals surface area contributed by atoms with E-state index in [1.165, 1.54) is 35.4 Å². The van der Waals surface area contributed by atoms with Crippen molar-refractivity contribution in [3.8, 4) is 0 Å². The summed E-state index contributed by atoms with van der Waals surface area (Å²) < 4.78 is 0. The van der Waals surface area contributed by atoms with E-state index in [1.54, 1.807) is 0 Å². The first-order valence-electron chi connectivity index (χ1n) is 10.0. The smallest absolute Gasteiger partial charge is 0.327 e. The van der Waals surface area contributed by atoms with Gasteiger partial charge in [0.15, 0.2) is 0 Å². The van der Waals surface area contributed by atoms with Crippen molar-refractivity contribution in [1.29, 1.82) is 0 Å². The van der Waals surface area contributed by atoms with Gasteiger partial charge in [0.1, 0.15) is 11.9 Å². The van der Waals surface area contributed by atoms with Gasteiger partial charge in [-0.1, -0.05) is 34.9 Å². The molecule has 3 N–H and O–H groups in total. The fourth-order valence-corrected chi connectivity index (χ4v) is 3.61. The van der Waals surface area contributed by atoms with Crippen molar-refractivity contribution in [2.45, 2.75) is 59.4 Å². The standard InChI is InChI=1S/C22H35ClN2O4S/c1-16(7-5-9-17(2)11-12-24-21(27)13-23)8-6-10-18(3)14-30-15-20(22(28)29)25-19(4)26/h7,10-11,20H,5-6,8-9,12-15H2,1-4H3,(H,24,27)(H,25,26)(H,28,29)/b16-7+,17-11+,18-10+/t20-/m0/s1. The topological polar surface area (TPSA) is 95.5 Å². The minimum Gasteiger partial charge on any atom is -0.480 e. The molecule has 0 aromatic rings. The van der Waals surface area contributed by atoms with Crippen molar-refractivity contribution in [2.24, 2.45) is 0 Å². The molecule has 0 aliphatic carbocycles. The van der Waals surface area contributed by atoms with Crippen LogP contribution in [0.1, 0.15) is 53.4 Å². The van der Waals surface area contributed by atoms with E-state index in [2.05, 4.69) is 36.6 Å². The highest BCUT2D eigenvalue weighted by atomic mass is 35.5. The quantitative estimate of drug-likeness (QED) is 0.254. The molecule has 0 saturated carbocycles. The lowest BCUT2D eigenvalue weighted by Gasteiger charge is -2.12. The van der Waals surface area contributed by atoms with Gasteiger partial charge >= 0.3 is 5.97 Å². The zero-order chi connectivity index (χ0) is 22.9. The van der Waals surface area contributed by atoms with Gasteiger partial charge in [0.2, 0.25) is 11.8 Å². The van der Waals surface area contributed by atoms with Crippen LogP contribution in [0.5, 0.6) is 0 Å². The highest BCUT2D eigenvalue weighted by molar-refractivity contribution is 7.99. The number of carboxylic acid groups (broad SMARTS) is 1. The molecule has 0 aromatic carbocycles. The van der Waals surface area contributed by atoms with Gasteiger partial charge in [-0.3, -0.25) is 9.59 Å². The van der Waals surface area contributed by atoms with Crippen LogP contribution in [0.2, 0.25) is 0 Å². The number of thioether (sulfide) groups is 1. The highest BCUT2D eigenvalue weighted by Crippen LogP contribution is 2.14. The number of nitrogens with one attached hydrogen (secondary N) is 2. The van der Waals surface area contributed by atoms with Crippen LogP contribution in [0, 0.1) is 0 Å². The van der Waals surface area contributed by atoms with Crippen LogP contribution in [-0.2, 0) is 14.4 Å². The zero-order valence-electron chi connectivity index (χ0n) is 18.4. The molecule has 6 nitrogen and oxygen atoms in total. The number of alkyl halides is 1. The number of rotatable bonds is 15. The summed E-state index contributed by atoms with van der Waals surface area (Å²) in [5.41, 5.74) is 3.78. The Morgan fingerprint density at radius 3 is 2.07 bits per heavy atom. The maximum absolute atomic E-state index is 11.1. The maximum atomic E-state index is 11.1. The molecule has 0 spiro atoms. The Labute approximate surface area is 189 Å². The van der Waals surface area contributed by atoms with Crippen molar-refractivity contribution in [2.75, 3.05) is 23.9 Å². The summed E-state index contributed by atoms with van der Waals surface area (Å²) in [5, 5.41) is 14.3. The fraction of sp³-hybridized carbons (Fsp3) is 0.591. The second-order valence-electron chi connectivity index (χ2n) is 7.27. The number of hydrogen-bond acceptors (Lipinski definition) is 4. The molecule has 30 heavy (non-hydrogen) atoms. The molecule has 0 bridgehead atoms. The third kappa shape index (κ3) is 16.1. The average molecular weight is 459 g/mol. The lowest BCUT2D eigenvalue weighted by atomic mass is 10.1.